The number of carboxylic acid groups (broad SMARTS) is 1. The van der Waals surface area contributed by atoms with E-state index in [0.717, 1.165) is 0 Å². The van der Waals surface area contributed by atoms with Crippen molar-refractivity contribution in [2.75, 3.05) is 12.4 Å². The van der Waals surface area contributed by atoms with Crippen molar-refractivity contribution in [2.45, 2.75) is 0 Å². The molecule has 0 saturated heterocycles. The number of nitrogens with zero attached hydrogens (tertiary/aromatic N) is 1. The summed E-state index contributed by atoms with van der Waals surface area (Å²) in [7, 11) is 1.43. The number of imidazole rings is 1. The molecule has 0 radical (unpaired) electrons. The number of carboxylic acids is 1. The first-order valence-corrected chi connectivity index (χ1v) is 5.34. The minimum atomic E-state index is -1.09. The van der Waals surface area contributed by atoms with Gasteiger partial charge < -0.3 is 20.1 Å². The molecular weight excluding hydrogens is 250 g/mol. The van der Waals surface area contributed by atoms with Crippen molar-refractivity contribution in [1.82, 2.24) is 9.97 Å². The molecule has 1 aromatic heterocycles. The number of anilines is 1. The zero-order chi connectivity index (χ0) is 13.8. The summed E-state index contributed by atoms with van der Waals surface area (Å²) in [6, 6.07) is 4.19. The summed E-state index contributed by atoms with van der Waals surface area (Å²) >= 11 is 0. The van der Waals surface area contributed by atoms with Gasteiger partial charge >= 0.3 is 5.97 Å². The van der Waals surface area contributed by atoms with E-state index in [-0.39, 0.29) is 17.1 Å². The highest BCUT2D eigenvalue weighted by molar-refractivity contribution is 6.03. The number of hydrogen-bond acceptors (Lipinski definition) is 4. The van der Waals surface area contributed by atoms with Gasteiger partial charge in [0, 0.05) is 12.4 Å². The molecule has 0 fully saturated rings. The summed E-state index contributed by atoms with van der Waals surface area (Å²) in [5, 5.41) is 11.5. The summed E-state index contributed by atoms with van der Waals surface area (Å²) in [4.78, 5) is 29.2. The van der Waals surface area contributed by atoms with E-state index in [9.17, 15) is 9.59 Å². The number of hydrogen-bond donors (Lipinski definition) is 3. The molecule has 0 aliphatic heterocycles. The molecule has 0 aliphatic carbocycles. The van der Waals surface area contributed by atoms with Crippen molar-refractivity contribution >= 4 is 17.6 Å². The molecule has 0 bridgehead atoms. The molecule has 19 heavy (non-hydrogen) atoms. The van der Waals surface area contributed by atoms with Crippen LogP contribution in [0, 0.1) is 0 Å². The first-order valence-electron chi connectivity index (χ1n) is 5.34. The summed E-state index contributed by atoms with van der Waals surface area (Å²) in [5.74, 6) is -1.07. The van der Waals surface area contributed by atoms with E-state index in [2.05, 4.69) is 15.3 Å². The largest absolute Gasteiger partial charge is 0.495 e. The van der Waals surface area contributed by atoms with Gasteiger partial charge in [0.05, 0.1) is 18.4 Å². The maximum Gasteiger partial charge on any atom is 0.335 e. The van der Waals surface area contributed by atoms with E-state index in [0.29, 0.717) is 5.75 Å². The van der Waals surface area contributed by atoms with Crippen molar-refractivity contribution in [1.29, 1.82) is 0 Å². The number of nitrogens with one attached hydrogen (secondary N) is 2. The van der Waals surface area contributed by atoms with Crippen molar-refractivity contribution in [2.24, 2.45) is 0 Å². The molecule has 2 aromatic rings. The Morgan fingerprint density at radius 2 is 2.21 bits per heavy atom. The van der Waals surface area contributed by atoms with Gasteiger partial charge in [0.15, 0.2) is 5.82 Å². The summed E-state index contributed by atoms with van der Waals surface area (Å²) < 4.78 is 5.06. The summed E-state index contributed by atoms with van der Waals surface area (Å²) in [6.07, 6.45) is 2.96. The number of amides is 1. The number of aromatic carboxylic acids is 1. The Morgan fingerprint density at radius 1 is 1.42 bits per heavy atom. The van der Waals surface area contributed by atoms with E-state index in [1.54, 1.807) is 0 Å². The van der Waals surface area contributed by atoms with Crippen molar-refractivity contribution < 1.29 is 19.4 Å². The van der Waals surface area contributed by atoms with Crippen LogP contribution in [0.3, 0.4) is 0 Å². The van der Waals surface area contributed by atoms with Crippen LogP contribution in [0.5, 0.6) is 5.75 Å². The van der Waals surface area contributed by atoms with Gasteiger partial charge in [-0.2, -0.15) is 0 Å². The third kappa shape index (κ3) is 2.71. The Labute approximate surface area is 108 Å². The van der Waals surface area contributed by atoms with Crippen LogP contribution in [0.25, 0.3) is 0 Å². The van der Waals surface area contributed by atoms with Crippen LogP contribution in [-0.2, 0) is 0 Å². The minimum Gasteiger partial charge on any atom is -0.495 e. The molecule has 0 spiro atoms. The average molecular weight is 261 g/mol. The Kier molecular flexibility index (Phi) is 3.46. The molecule has 0 aliphatic rings. The topological polar surface area (TPSA) is 104 Å². The Hall–Kier alpha value is -2.83. The molecule has 0 saturated carbocycles. The van der Waals surface area contributed by atoms with Crippen LogP contribution in [-0.4, -0.2) is 34.1 Å². The highest BCUT2D eigenvalue weighted by Crippen LogP contribution is 2.25. The SMILES string of the molecule is COc1ccc(C(=O)O)cc1NC(=O)c1ncc[nH]1. The second kappa shape index (κ2) is 5.21. The maximum atomic E-state index is 11.8. The number of H-pyrrole nitrogens is 1. The van der Waals surface area contributed by atoms with Gasteiger partial charge in [-0.1, -0.05) is 0 Å². The third-order valence-corrected chi connectivity index (χ3v) is 2.41. The monoisotopic (exact) mass is 261 g/mol. The van der Waals surface area contributed by atoms with Crippen molar-refractivity contribution in [3.8, 4) is 5.75 Å². The quantitative estimate of drug-likeness (QED) is 0.771. The van der Waals surface area contributed by atoms with E-state index in [4.69, 9.17) is 9.84 Å². The van der Waals surface area contributed by atoms with E-state index >= 15 is 0 Å². The Bertz CT molecular complexity index is 607. The zero-order valence-electron chi connectivity index (χ0n) is 10.0. The fourth-order valence-corrected chi connectivity index (χ4v) is 1.51. The van der Waals surface area contributed by atoms with Gasteiger partial charge in [-0.25, -0.2) is 9.78 Å². The molecule has 7 nitrogen and oxygen atoms in total. The van der Waals surface area contributed by atoms with Crippen LogP contribution < -0.4 is 10.1 Å². The Balaban J connectivity index is 2.30. The molecule has 98 valence electrons. The number of aromatic amines is 1. The normalized spacial score (nSPS) is 9.95. The number of methoxy groups -OCH3 is 1. The van der Waals surface area contributed by atoms with Crippen LogP contribution >= 0.6 is 0 Å². The second-order valence-electron chi connectivity index (χ2n) is 3.61. The average Bonchev–Trinajstić information content (AvgIpc) is 2.92. The van der Waals surface area contributed by atoms with E-state index in [1.165, 1.54) is 37.7 Å². The van der Waals surface area contributed by atoms with Gasteiger partial charge in [-0.05, 0) is 18.2 Å². The smallest absolute Gasteiger partial charge is 0.335 e. The molecule has 3 N–H and O–H groups in total. The molecule has 1 amide bonds. The lowest BCUT2D eigenvalue weighted by molar-refractivity contribution is 0.0696. The minimum absolute atomic E-state index is 0.0514. The molecule has 2 rings (SSSR count). The van der Waals surface area contributed by atoms with E-state index in [1.807, 2.05) is 0 Å². The molecular formula is C12H11N3O4. The lowest BCUT2D eigenvalue weighted by Crippen LogP contribution is -2.14. The molecule has 7 heteroatoms. The number of rotatable bonds is 4. The van der Waals surface area contributed by atoms with E-state index < -0.39 is 11.9 Å². The number of benzene rings is 1. The first-order chi connectivity index (χ1) is 9.11. The van der Waals surface area contributed by atoms with Gasteiger partial charge in [-0.15, -0.1) is 0 Å². The highest BCUT2D eigenvalue weighted by Gasteiger charge is 2.14. The molecule has 0 unspecified atom stereocenters. The lowest BCUT2D eigenvalue weighted by Gasteiger charge is -2.10. The Morgan fingerprint density at radius 3 is 2.79 bits per heavy atom. The number of carbonyl (C=O) groups excluding carboxylic acids is 1. The van der Waals surface area contributed by atoms with Gasteiger partial charge in [-0.3, -0.25) is 4.79 Å². The number of ether oxygens (including phenoxy) is 1. The number of carbonyl (C=O) groups is 2. The molecule has 1 heterocycles. The van der Waals surface area contributed by atoms with Gasteiger partial charge in [0.25, 0.3) is 5.91 Å². The van der Waals surface area contributed by atoms with Crippen LogP contribution in [0.1, 0.15) is 21.0 Å². The zero-order valence-corrected chi connectivity index (χ0v) is 10.0. The predicted octanol–water partition coefficient (Wildman–Crippen LogP) is 1.37. The van der Waals surface area contributed by atoms with Crippen molar-refractivity contribution in [3.63, 3.8) is 0 Å². The van der Waals surface area contributed by atoms with Crippen molar-refractivity contribution in [3.05, 3.63) is 42.0 Å². The molecule has 0 atom stereocenters. The molecule has 1 aromatic carbocycles. The summed E-state index contributed by atoms with van der Waals surface area (Å²) in [5.41, 5.74) is 0.319. The first kappa shape index (κ1) is 12.6. The number of aromatic nitrogens is 2. The van der Waals surface area contributed by atoms with Crippen LogP contribution in [0.4, 0.5) is 5.69 Å². The third-order valence-electron chi connectivity index (χ3n) is 2.41. The predicted molar refractivity (Wildman–Crippen MR) is 66.5 cm³/mol. The fraction of sp³-hybridized carbons (Fsp3) is 0.0833. The highest BCUT2D eigenvalue weighted by atomic mass is 16.5. The maximum absolute atomic E-state index is 11.8. The van der Waals surface area contributed by atoms with Gasteiger partial charge in [0.2, 0.25) is 0 Å². The lowest BCUT2D eigenvalue weighted by atomic mass is 10.2. The van der Waals surface area contributed by atoms with Gasteiger partial charge in [0.1, 0.15) is 5.75 Å². The fourth-order valence-electron chi connectivity index (χ4n) is 1.51. The second-order valence-corrected chi connectivity index (χ2v) is 3.61. The summed E-state index contributed by atoms with van der Waals surface area (Å²) in [6.45, 7) is 0. The van der Waals surface area contributed by atoms with Crippen LogP contribution in [0.15, 0.2) is 30.6 Å². The van der Waals surface area contributed by atoms with Crippen LogP contribution in [0.2, 0.25) is 0 Å². The standard InChI is InChI=1S/C12H11N3O4/c1-19-9-3-2-7(12(17)18)6-8(9)15-11(16)10-13-4-5-14-10/h2-6H,1H3,(H,13,14)(H,15,16)(H,17,18).